The molecule has 0 rings (SSSR count). The van der Waals surface area contributed by atoms with E-state index in [4.69, 9.17) is 9.84 Å². The van der Waals surface area contributed by atoms with Crippen LogP contribution in [0.4, 0.5) is 4.79 Å². The quantitative estimate of drug-likeness (QED) is 0.593. The van der Waals surface area contributed by atoms with E-state index in [-0.39, 0.29) is 0 Å². The lowest BCUT2D eigenvalue weighted by Crippen LogP contribution is -2.43. The molecule has 0 bridgehead atoms. The van der Waals surface area contributed by atoms with E-state index in [2.05, 4.69) is 27.9 Å². The fourth-order valence-electron chi connectivity index (χ4n) is 0.988. The van der Waals surface area contributed by atoms with Crippen molar-refractivity contribution in [3.05, 3.63) is 0 Å². The minimum Gasteiger partial charge on any atom is -0.480 e. The number of carboxylic acids is 1. The summed E-state index contributed by atoms with van der Waals surface area (Å²) >= 11 is 2.16. The molecule has 0 unspecified atom stereocenters. The third-order valence-electron chi connectivity index (χ3n) is 1.62. The second kappa shape index (κ2) is 6.93. The van der Waals surface area contributed by atoms with Crippen molar-refractivity contribution in [3.63, 3.8) is 0 Å². The van der Waals surface area contributed by atoms with Gasteiger partial charge in [0.2, 0.25) is 0 Å². The van der Waals surface area contributed by atoms with Gasteiger partial charge in [-0.25, -0.2) is 9.59 Å². The molecular formula is C10H18INO4. The van der Waals surface area contributed by atoms with E-state index in [1.807, 2.05) is 0 Å². The average Bonchev–Trinajstić information content (AvgIpc) is 2.08. The molecule has 0 saturated heterocycles. The average molecular weight is 343 g/mol. The smallest absolute Gasteiger partial charge is 0.408 e. The Morgan fingerprint density at radius 2 is 2.00 bits per heavy atom. The largest absolute Gasteiger partial charge is 0.480 e. The molecule has 5 nitrogen and oxygen atoms in total. The number of halogens is 1. The Bertz CT molecular complexity index is 250. The minimum absolute atomic E-state index is 0.414. The summed E-state index contributed by atoms with van der Waals surface area (Å²) in [5, 5.41) is 11.2. The Hall–Kier alpha value is -0.530. The third kappa shape index (κ3) is 7.72. The van der Waals surface area contributed by atoms with Gasteiger partial charge in [0.05, 0.1) is 0 Å². The molecule has 0 heterocycles. The maximum atomic E-state index is 11.3. The lowest BCUT2D eigenvalue weighted by atomic mass is 10.2. The third-order valence-corrected chi connectivity index (χ3v) is 2.38. The van der Waals surface area contributed by atoms with E-state index in [1.54, 1.807) is 20.8 Å². The van der Waals surface area contributed by atoms with E-state index in [0.717, 1.165) is 10.8 Å². The van der Waals surface area contributed by atoms with Crippen LogP contribution in [-0.2, 0) is 9.53 Å². The first-order chi connectivity index (χ1) is 7.26. The van der Waals surface area contributed by atoms with Gasteiger partial charge < -0.3 is 15.2 Å². The highest BCUT2D eigenvalue weighted by Gasteiger charge is 2.23. The van der Waals surface area contributed by atoms with Gasteiger partial charge in [0.15, 0.2) is 0 Å². The summed E-state index contributed by atoms with van der Waals surface area (Å²) in [6, 6.07) is -0.871. The zero-order valence-electron chi connectivity index (χ0n) is 9.75. The van der Waals surface area contributed by atoms with Crippen LogP contribution in [0.25, 0.3) is 0 Å². The maximum Gasteiger partial charge on any atom is 0.408 e. The van der Waals surface area contributed by atoms with Crippen LogP contribution in [0.5, 0.6) is 0 Å². The zero-order valence-corrected chi connectivity index (χ0v) is 11.9. The number of amides is 1. The van der Waals surface area contributed by atoms with E-state index in [0.29, 0.717) is 6.42 Å². The summed E-state index contributed by atoms with van der Waals surface area (Å²) < 4.78 is 5.84. The molecule has 2 N–H and O–H groups in total. The summed E-state index contributed by atoms with van der Waals surface area (Å²) in [6.07, 6.45) is 0.471. The SMILES string of the molecule is CC(C)(C)OC(=O)N[C@@H](CCCI)C(=O)O. The van der Waals surface area contributed by atoms with Crippen LogP contribution in [0.2, 0.25) is 0 Å². The number of rotatable bonds is 5. The Morgan fingerprint density at radius 1 is 1.44 bits per heavy atom. The second-order valence-electron chi connectivity index (χ2n) is 4.37. The van der Waals surface area contributed by atoms with Crippen molar-refractivity contribution in [3.8, 4) is 0 Å². The number of nitrogens with one attached hydrogen (secondary N) is 1. The van der Waals surface area contributed by atoms with Crippen molar-refractivity contribution >= 4 is 34.7 Å². The molecule has 1 amide bonds. The van der Waals surface area contributed by atoms with Gasteiger partial charge in [0.1, 0.15) is 11.6 Å². The molecule has 0 aliphatic rings. The molecule has 0 saturated carbocycles. The van der Waals surface area contributed by atoms with E-state index >= 15 is 0 Å². The lowest BCUT2D eigenvalue weighted by Gasteiger charge is -2.21. The molecule has 0 aromatic carbocycles. The number of carbonyl (C=O) groups is 2. The summed E-state index contributed by atoms with van der Waals surface area (Å²) in [7, 11) is 0. The molecule has 0 aliphatic carbocycles. The Morgan fingerprint density at radius 3 is 2.38 bits per heavy atom. The summed E-state index contributed by atoms with van der Waals surface area (Å²) in [6.45, 7) is 5.19. The molecule has 0 aromatic heterocycles. The van der Waals surface area contributed by atoms with E-state index < -0.39 is 23.7 Å². The number of hydrogen-bond donors (Lipinski definition) is 2. The van der Waals surface area contributed by atoms with Gasteiger partial charge in [-0.1, -0.05) is 22.6 Å². The summed E-state index contributed by atoms with van der Waals surface area (Å²) in [5.41, 5.74) is -0.615. The Balaban J connectivity index is 4.19. The number of aliphatic carboxylic acids is 1. The summed E-state index contributed by atoms with van der Waals surface area (Å²) in [4.78, 5) is 22.2. The van der Waals surface area contributed by atoms with E-state index in [1.165, 1.54) is 0 Å². The molecule has 16 heavy (non-hydrogen) atoms. The molecule has 0 aliphatic heterocycles. The number of carbonyl (C=O) groups excluding carboxylic acids is 1. The molecule has 1 atom stereocenters. The molecule has 6 heteroatoms. The van der Waals surface area contributed by atoms with Crippen LogP contribution in [-0.4, -0.2) is 33.2 Å². The van der Waals surface area contributed by atoms with Crippen LogP contribution in [0.3, 0.4) is 0 Å². The van der Waals surface area contributed by atoms with Crippen molar-refractivity contribution < 1.29 is 19.4 Å². The van der Waals surface area contributed by atoms with Crippen LogP contribution in [0, 0.1) is 0 Å². The monoisotopic (exact) mass is 343 g/mol. The number of carboxylic acid groups (broad SMARTS) is 1. The molecule has 0 aromatic rings. The van der Waals surface area contributed by atoms with Gasteiger partial charge in [-0.15, -0.1) is 0 Å². The topological polar surface area (TPSA) is 75.6 Å². The Labute approximate surface area is 109 Å². The normalized spacial score (nSPS) is 13.0. The molecule has 94 valence electrons. The predicted molar refractivity (Wildman–Crippen MR) is 68.9 cm³/mol. The maximum absolute atomic E-state index is 11.3. The lowest BCUT2D eigenvalue weighted by molar-refractivity contribution is -0.139. The van der Waals surface area contributed by atoms with Crippen LogP contribution in [0.15, 0.2) is 0 Å². The fourth-order valence-corrected chi connectivity index (χ4v) is 1.43. The van der Waals surface area contributed by atoms with Gasteiger partial charge in [-0.2, -0.15) is 0 Å². The van der Waals surface area contributed by atoms with Crippen molar-refractivity contribution in [1.29, 1.82) is 0 Å². The molecule has 0 spiro atoms. The van der Waals surface area contributed by atoms with Gasteiger partial charge in [-0.05, 0) is 38.0 Å². The zero-order chi connectivity index (χ0) is 12.8. The van der Waals surface area contributed by atoms with Crippen molar-refractivity contribution in [2.24, 2.45) is 0 Å². The van der Waals surface area contributed by atoms with Crippen LogP contribution in [0.1, 0.15) is 33.6 Å². The van der Waals surface area contributed by atoms with Gasteiger partial charge >= 0.3 is 12.1 Å². The van der Waals surface area contributed by atoms with Crippen molar-refractivity contribution in [2.75, 3.05) is 4.43 Å². The molecule has 0 radical (unpaired) electrons. The standard InChI is InChI=1S/C10H18INO4/c1-10(2,3)16-9(15)12-7(8(13)14)5-4-6-11/h7H,4-6H2,1-3H3,(H,12,15)(H,13,14)/t7-/m0/s1. The number of hydrogen-bond acceptors (Lipinski definition) is 3. The van der Waals surface area contributed by atoms with Crippen LogP contribution >= 0.6 is 22.6 Å². The van der Waals surface area contributed by atoms with Gasteiger partial charge in [0, 0.05) is 0 Å². The molecular weight excluding hydrogens is 325 g/mol. The predicted octanol–water partition coefficient (Wildman–Crippen LogP) is 2.18. The summed E-state index contributed by atoms with van der Waals surface area (Å²) in [5.74, 6) is -1.03. The van der Waals surface area contributed by atoms with Crippen LogP contribution < -0.4 is 5.32 Å². The highest BCUT2D eigenvalue weighted by atomic mass is 127. The fraction of sp³-hybridized carbons (Fsp3) is 0.800. The highest BCUT2D eigenvalue weighted by Crippen LogP contribution is 2.08. The first-order valence-electron chi connectivity index (χ1n) is 5.04. The van der Waals surface area contributed by atoms with Crippen molar-refractivity contribution in [1.82, 2.24) is 5.32 Å². The van der Waals surface area contributed by atoms with Gasteiger partial charge in [0.25, 0.3) is 0 Å². The number of alkyl carbamates (subject to hydrolysis) is 1. The number of ether oxygens (including phenoxy) is 1. The highest BCUT2D eigenvalue weighted by molar-refractivity contribution is 14.1. The first kappa shape index (κ1) is 15.5. The van der Waals surface area contributed by atoms with E-state index in [9.17, 15) is 9.59 Å². The second-order valence-corrected chi connectivity index (χ2v) is 5.45. The number of alkyl halides is 1. The molecule has 0 fully saturated rings. The van der Waals surface area contributed by atoms with Crippen molar-refractivity contribution in [2.45, 2.75) is 45.3 Å². The van der Waals surface area contributed by atoms with Gasteiger partial charge in [-0.3, -0.25) is 0 Å². The Kier molecular flexibility index (Phi) is 6.70. The first-order valence-corrected chi connectivity index (χ1v) is 6.57. The minimum atomic E-state index is -1.03.